The van der Waals surface area contributed by atoms with Crippen molar-refractivity contribution in [3.05, 3.63) is 36.0 Å². The molecular formula is C34H56O5. The summed E-state index contributed by atoms with van der Waals surface area (Å²) in [5.41, 5.74) is 0.759. The van der Waals surface area contributed by atoms with E-state index >= 15 is 0 Å². The molecule has 0 aromatic carbocycles. The van der Waals surface area contributed by atoms with Gasteiger partial charge in [-0.1, -0.05) is 93.0 Å². The number of ether oxygens (including phenoxy) is 3. The highest BCUT2D eigenvalue weighted by atomic mass is 16.6. The van der Waals surface area contributed by atoms with E-state index in [4.69, 9.17) is 14.2 Å². The van der Waals surface area contributed by atoms with Gasteiger partial charge >= 0.3 is 11.9 Å². The third-order valence-corrected chi connectivity index (χ3v) is 8.95. The van der Waals surface area contributed by atoms with Crippen LogP contribution in [0, 0.1) is 34.5 Å². The van der Waals surface area contributed by atoms with Crippen LogP contribution in [0.2, 0.25) is 0 Å². The second-order valence-electron chi connectivity index (χ2n) is 13.9. The molecular weight excluding hydrogens is 488 g/mol. The Labute approximate surface area is 238 Å². The fraction of sp³-hybridized carbons (Fsp3) is 0.765. The lowest BCUT2D eigenvalue weighted by atomic mass is 9.78. The SMILES string of the molecule is CCC(C)C(C)C1OC1CC(C)(C)/C=C/C=C(\C)C1OC(=O)CC(C)CCC(C)(C)C(OC(C)=O)/C=C/C1C. The van der Waals surface area contributed by atoms with Gasteiger partial charge in [0.15, 0.2) is 0 Å². The van der Waals surface area contributed by atoms with Crippen molar-refractivity contribution in [2.75, 3.05) is 0 Å². The van der Waals surface area contributed by atoms with Gasteiger partial charge in [-0.2, -0.15) is 0 Å². The lowest BCUT2D eigenvalue weighted by Gasteiger charge is -2.34. The van der Waals surface area contributed by atoms with Crippen LogP contribution in [0.5, 0.6) is 0 Å². The number of rotatable bonds is 9. The van der Waals surface area contributed by atoms with Crippen LogP contribution in [0.25, 0.3) is 0 Å². The Kier molecular flexibility index (Phi) is 12.1. The smallest absolute Gasteiger partial charge is 0.306 e. The third kappa shape index (κ3) is 10.6. The summed E-state index contributed by atoms with van der Waals surface area (Å²) in [4.78, 5) is 24.7. The molecule has 1 saturated heterocycles. The van der Waals surface area contributed by atoms with Gasteiger partial charge in [-0.05, 0) is 61.0 Å². The Hall–Kier alpha value is -1.88. The molecule has 2 rings (SSSR count). The van der Waals surface area contributed by atoms with Crippen LogP contribution in [0.3, 0.4) is 0 Å². The normalized spacial score (nSPS) is 32.9. The minimum Gasteiger partial charge on any atom is -0.458 e. The number of hydrogen-bond acceptors (Lipinski definition) is 5. The van der Waals surface area contributed by atoms with Crippen molar-refractivity contribution in [2.24, 2.45) is 34.5 Å². The van der Waals surface area contributed by atoms with Gasteiger partial charge in [0, 0.05) is 24.7 Å². The monoisotopic (exact) mass is 544 g/mol. The van der Waals surface area contributed by atoms with Gasteiger partial charge in [0.2, 0.25) is 0 Å². The fourth-order valence-electron chi connectivity index (χ4n) is 5.59. The number of hydrogen-bond donors (Lipinski definition) is 0. The van der Waals surface area contributed by atoms with E-state index in [1.807, 2.05) is 19.1 Å². The van der Waals surface area contributed by atoms with E-state index in [0.717, 1.165) is 24.8 Å². The number of cyclic esters (lactones) is 1. The predicted octanol–water partition coefficient (Wildman–Crippen LogP) is 8.24. The van der Waals surface area contributed by atoms with Gasteiger partial charge in [-0.25, -0.2) is 0 Å². The first kappa shape index (κ1) is 33.3. The first-order valence-electron chi connectivity index (χ1n) is 15.1. The molecule has 2 aliphatic heterocycles. The van der Waals surface area contributed by atoms with Gasteiger partial charge in [-0.15, -0.1) is 0 Å². The molecule has 0 aliphatic carbocycles. The van der Waals surface area contributed by atoms with Crippen LogP contribution < -0.4 is 0 Å². The molecule has 0 aromatic heterocycles. The highest BCUT2D eigenvalue weighted by Gasteiger charge is 2.46. The Morgan fingerprint density at radius 3 is 2.49 bits per heavy atom. The lowest BCUT2D eigenvalue weighted by molar-refractivity contribution is -0.150. The average Bonchev–Trinajstić information content (AvgIpc) is 3.59. The Morgan fingerprint density at radius 2 is 1.87 bits per heavy atom. The van der Waals surface area contributed by atoms with E-state index in [-0.39, 0.29) is 46.8 Å². The molecule has 39 heavy (non-hydrogen) atoms. The van der Waals surface area contributed by atoms with Crippen molar-refractivity contribution in [3.63, 3.8) is 0 Å². The predicted molar refractivity (Wildman–Crippen MR) is 159 cm³/mol. The Balaban J connectivity index is 2.18. The molecule has 0 saturated carbocycles. The van der Waals surface area contributed by atoms with Gasteiger partial charge in [0.05, 0.1) is 12.2 Å². The minimum atomic E-state index is -0.387. The quantitative estimate of drug-likeness (QED) is 0.127. The number of allylic oxidation sites excluding steroid dienone is 3. The number of esters is 2. The largest absolute Gasteiger partial charge is 0.458 e. The topological polar surface area (TPSA) is 65.1 Å². The summed E-state index contributed by atoms with van der Waals surface area (Å²) < 4.78 is 17.8. The highest BCUT2D eigenvalue weighted by molar-refractivity contribution is 5.70. The third-order valence-electron chi connectivity index (χ3n) is 8.95. The second-order valence-corrected chi connectivity index (χ2v) is 13.9. The van der Waals surface area contributed by atoms with Crippen LogP contribution in [0.1, 0.15) is 108 Å². The zero-order valence-electron chi connectivity index (χ0n) is 26.6. The maximum Gasteiger partial charge on any atom is 0.306 e. The van der Waals surface area contributed by atoms with Crippen molar-refractivity contribution in [3.8, 4) is 0 Å². The second kappa shape index (κ2) is 14.1. The molecule has 8 unspecified atom stereocenters. The van der Waals surface area contributed by atoms with E-state index in [0.29, 0.717) is 30.5 Å². The van der Waals surface area contributed by atoms with Crippen LogP contribution in [0.4, 0.5) is 0 Å². The van der Waals surface area contributed by atoms with Crippen LogP contribution in [0.15, 0.2) is 36.0 Å². The van der Waals surface area contributed by atoms with Gasteiger partial charge in [0.25, 0.3) is 0 Å². The summed E-state index contributed by atoms with van der Waals surface area (Å²) in [6, 6.07) is 0. The molecule has 0 aromatic rings. The average molecular weight is 545 g/mol. The molecule has 1 fully saturated rings. The van der Waals surface area contributed by atoms with Crippen molar-refractivity contribution < 1.29 is 23.8 Å². The number of epoxide rings is 1. The number of carbonyl (C=O) groups excluding carboxylic acids is 2. The molecule has 8 atom stereocenters. The van der Waals surface area contributed by atoms with E-state index in [2.05, 4.69) is 80.5 Å². The van der Waals surface area contributed by atoms with Gasteiger partial charge in [-0.3, -0.25) is 9.59 Å². The molecule has 5 nitrogen and oxygen atoms in total. The first-order valence-corrected chi connectivity index (χ1v) is 15.1. The molecule has 222 valence electrons. The van der Waals surface area contributed by atoms with E-state index < -0.39 is 0 Å². The van der Waals surface area contributed by atoms with E-state index in [9.17, 15) is 9.59 Å². The zero-order chi connectivity index (χ0) is 29.5. The molecule has 0 radical (unpaired) electrons. The molecule has 5 heteroatoms. The molecule has 0 amide bonds. The zero-order valence-corrected chi connectivity index (χ0v) is 26.6. The van der Waals surface area contributed by atoms with E-state index in [1.54, 1.807) is 0 Å². The maximum absolute atomic E-state index is 12.9. The fourth-order valence-corrected chi connectivity index (χ4v) is 5.59. The maximum atomic E-state index is 12.9. The van der Waals surface area contributed by atoms with Crippen molar-refractivity contribution in [2.45, 2.75) is 133 Å². The lowest BCUT2D eigenvalue weighted by Crippen LogP contribution is -2.34. The van der Waals surface area contributed by atoms with E-state index in [1.165, 1.54) is 13.3 Å². The van der Waals surface area contributed by atoms with Gasteiger partial charge < -0.3 is 14.2 Å². The van der Waals surface area contributed by atoms with Crippen molar-refractivity contribution >= 4 is 11.9 Å². The van der Waals surface area contributed by atoms with Crippen molar-refractivity contribution in [1.29, 1.82) is 0 Å². The van der Waals surface area contributed by atoms with Crippen LogP contribution in [-0.4, -0.2) is 36.4 Å². The summed E-state index contributed by atoms with van der Waals surface area (Å²) in [6.07, 6.45) is 14.7. The molecule has 0 N–H and O–H groups in total. The molecule has 0 spiro atoms. The summed E-state index contributed by atoms with van der Waals surface area (Å²) >= 11 is 0. The molecule has 0 bridgehead atoms. The highest BCUT2D eigenvalue weighted by Crippen LogP contribution is 2.41. The van der Waals surface area contributed by atoms with Gasteiger partial charge in [0.1, 0.15) is 12.2 Å². The standard InChI is InChI=1S/C34H56O5/c1-12-23(3)26(6)32-28(38-32)21-33(8,9)18-13-14-24(4)31-25(5)15-16-29(37-27(7)35)34(10,11)19-17-22(2)20-30(36)39-31/h13-16,18,22-23,25-26,28-29,31-32H,12,17,19-21H2,1-11H3/b16-15+,18-13+,24-14+. The summed E-state index contributed by atoms with van der Waals surface area (Å²) in [6.45, 7) is 23.2. The minimum absolute atomic E-state index is 0.00166. The van der Waals surface area contributed by atoms with Crippen molar-refractivity contribution in [1.82, 2.24) is 0 Å². The first-order chi connectivity index (χ1) is 18.1. The summed E-state index contributed by atoms with van der Waals surface area (Å²) in [7, 11) is 0. The molecule has 2 heterocycles. The summed E-state index contributed by atoms with van der Waals surface area (Å²) in [5.74, 6) is 0.934. The van der Waals surface area contributed by atoms with Crippen LogP contribution >= 0.6 is 0 Å². The van der Waals surface area contributed by atoms with Crippen LogP contribution in [-0.2, 0) is 23.8 Å². The Bertz CT molecular complexity index is 911. The molecule has 2 aliphatic rings. The number of carbonyl (C=O) groups is 2. The summed E-state index contributed by atoms with van der Waals surface area (Å²) in [5, 5.41) is 0. The Morgan fingerprint density at radius 1 is 1.21 bits per heavy atom.